The van der Waals surface area contributed by atoms with E-state index in [0.29, 0.717) is 0 Å². The van der Waals surface area contributed by atoms with Crippen molar-refractivity contribution < 1.29 is 9.53 Å². The Labute approximate surface area is 141 Å². The zero-order valence-electron chi connectivity index (χ0n) is 14.0. The molecule has 24 heavy (non-hydrogen) atoms. The number of amides is 1. The van der Waals surface area contributed by atoms with Gasteiger partial charge in [-0.15, -0.1) is 0 Å². The van der Waals surface area contributed by atoms with Crippen LogP contribution in [0.4, 0.5) is 0 Å². The fraction of sp³-hybridized carbons (Fsp3) is 0.250. The molecule has 4 rings (SSSR count). The molecule has 1 heterocycles. The molecule has 2 aromatic carbocycles. The maximum absolute atomic E-state index is 10.3. The first-order valence-electron chi connectivity index (χ1n) is 8.07. The van der Waals surface area contributed by atoms with Crippen molar-refractivity contribution in [3.8, 4) is 5.75 Å². The van der Waals surface area contributed by atoms with Crippen molar-refractivity contribution in [2.24, 2.45) is 0 Å². The Balaban J connectivity index is 0.000000141. The van der Waals surface area contributed by atoms with E-state index < -0.39 is 0 Å². The average molecular weight is 322 g/mol. The number of rotatable bonds is 4. The van der Waals surface area contributed by atoms with Crippen LogP contribution in [0.5, 0.6) is 5.75 Å². The molecular formula is C20H22N2O2. The van der Waals surface area contributed by atoms with Crippen molar-refractivity contribution in [3.63, 3.8) is 0 Å². The summed E-state index contributed by atoms with van der Waals surface area (Å²) in [6, 6.07) is 18.2. The van der Waals surface area contributed by atoms with Crippen LogP contribution in [0.25, 0.3) is 10.9 Å². The quantitative estimate of drug-likeness (QED) is 0.716. The standard InChI is InChI=1S/2C10H11NO/c1-7-5-8-6-9(12-2)3-4-10(8)11-7;12-8-11-10(6-7-10)9-4-2-1-3-5-9/h3-6,11H,1-2H3;1-5,8H,6-7H2,(H,11,12). The van der Waals surface area contributed by atoms with E-state index in [1.807, 2.05) is 43.3 Å². The molecule has 3 aromatic rings. The van der Waals surface area contributed by atoms with Crippen LogP contribution < -0.4 is 10.1 Å². The van der Waals surface area contributed by atoms with Crippen molar-refractivity contribution in [2.75, 3.05) is 7.11 Å². The third-order valence-electron chi connectivity index (χ3n) is 4.37. The first kappa shape index (κ1) is 16.1. The molecule has 1 aliphatic carbocycles. The summed E-state index contributed by atoms with van der Waals surface area (Å²) >= 11 is 0. The largest absolute Gasteiger partial charge is 0.497 e. The summed E-state index contributed by atoms with van der Waals surface area (Å²) in [5.41, 5.74) is 3.53. The second-order valence-electron chi connectivity index (χ2n) is 6.12. The molecule has 0 atom stereocenters. The van der Waals surface area contributed by atoms with Crippen LogP contribution in [0.15, 0.2) is 54.6 Å². The number of ether oxygens (including phenoxy) is 1. The molecule has 1 aromatic heterocycles. The van der Waals surface area contributed by atoms with E-state index >= 15 is 0 Å². The SMILES string of the molecule is COc1ccc2[nH]c(C)cc2c1.O=CNC1(c2ccccc2)CC1. The Morgan fingerprint density at radius 2 is 1.88 bits per heavy atom. The lowest BCUT2D eigenvalue weighted by molar-refractivity contribution is -0.110. The lowest BCUT2D eigenvalue weighted by atomic mass is 10.1. The van der Waals surface area contributed by atoms with Crippen molar-refractivity contribution in [3.05, 3.63) is 65.9 Å². The van der Waals surface area contributed by atoms with Gasteiger partial charge in [0.25, 0.3) is 0 Å². The molecule has 0 radical (unpaired) electrons. The van der Waals surface area contributed by atoms with E-state index in [-0.39, 0.29) is 5.54 Å². The molecule has 0 spiro atoms. The number of aromatic nitrogens is 1. The van der Waals surface area contributed by atoms with Crippen LogP contribution in [-0.2, 0) is 10.3 Å². The monoisotopic (exact) mass is 322 g/mol. The van der Waals surface area contributed by atoms with Gasteiger partial charge >= 0.3 is 0 Å². The number of H-pyrrole nitrogens is 1. The van der Waals surface area contributed by atoms with Crippen LogP contribution in [0.2, 0.25) is 0 Å². The summed E-state index contributed by atoms with van der Waals surface area (Å²) in [6.07, 6.45) is 2.92. The zero-order chi connectivity index (χ0) is 17.0. The highest BCUT2D eigenvalue weighted by molar-refractivity contribution is 5.81. The molecule has 1 amide bonds. The smallest absolute Gasteiger partial charge is 0.207 e. The van der Waals surface area contributed by atoms with E-state index in [2.05, 4.69) is 28.5 Å². The number of hydrogen-bond donors (Lipinski definition) is 2. The number of aryl methyl sites for hydroxylation is 1. The third kappa shape index (κ3) is 3.43. The molecule has 0 unspecified atom stereocenters. The summed E-state index contributed by atoms with van der Waals surface area (Å²) in [5.74, 6) is 0.904. The molecule has 0 aliphatic heterocycles. The van der Waals surface area contributed by atoms with Gasteiger partial charge < -0.3 is 15.0 Å². The van der Waals surface area contributed by atoms with E-state index in [9.17, 15) is 4.79 Å². The van der Waals surface area contributed by atoms with Gasteiger partial charge in [0, 0.05) is 16.6 Å². The van der Waals surface area contributed by atoms with Gasteiger partial charge in [0.1, 0.15) is 5.75 Å². The fourth-order valence-electron chi connectivity index (χ4n) is 2.89. The van der Waals surface area contributed by atoms with E-state index in [1.54, 1.807) is 7.11 Å². The molecule has 0 bridgehead atoms. The van der Waals surface area contributed by atoms with Crippen LogP contribution in [-0.4, -0.2) is 18.5 Å². The van der Waals surface area contributed by atoms with Crippen LogP contribution in [0.1, 0.15) is 24.1 Å². The molecule has 1 aliphatic rings. The molecule has 1 saturated carbocycles. The number of methoxy groups -OCH3 is 1. The Morgan fingerprint density at radius 1 is 1.12 bits per heavy atom. The van der Waals surface area contributed by atoms with Gasteiger partial charge in [0.05, 0.1) is 12.6 Å². The van der Waals surface area contributed by atoms with E-state index in [0.717, 1.165) is 30.5 Å². The van der Waals surface area contributed by atoms with Gasteiger partial charge in [0.15, 0.2) is 0 Å². The molecule has 4 heteroatoms. The van der Waals surface area contributed by atoms with Crippen LogP contribution in [0, 0.1) is 6.92 Å². The van der Waals surface area contributed by atoms with Gasteiger partial charge in [-0.2, -0.15) is 0 Å². The fourth-order valence-corrected chi connectivity index (χ4v) is 2.89. The van der Waals surface area contributed by atoms with Crippen molar-refractivity contribution in [2.45, 2.75) is 25.3 Å². The second kappa shape index (κ2) is 6.79. The van der Waals surface area contributed by atoms with Gasteiger partial charge in [0.2, 0.25) is 6.41 Å². The van der Waals surface area contributed by atoms with Gasteiger partial charge in [-0.25, -0.2) is 0 Å². The highest BCUT2D eigenvalue weighted by Crippen LogP contribution is 2.44. The molecule has 0 saturated heterocycles. The van der Waals surface area contributed by atoms with Gasteiger partial charge in [-0.1, -0.05) is 30.3 Å². The highest BCUT2D eigenvalue weighted by Gasteiger charge is 2.43. The lowest BCUT2D eigenvalue weighted by Gasteiger charge is -2.13. The number of carbonyl (C=O) groups excluding carboxylic acids is 1. The minimum Gasteiger partial charge on any atom is -0.497 e. The number of hydrogen-bond acceptors (Lipinski definition) is 2. The maximum atomic E-state index is 10.3. The molecule has 124 valence electrons. The number of carbonyl (C=O) groups is 1. The summed E-state index contributed by atoms with van der Waals surface area (Å²) in [5, 5.41) is 4.07. The molecular weight excluding hydrogens is 300 g/mol. The third-order valence-corrected chi connectivity index (χ3v) is 4.37. The molecule has 4 nitrogen and oxygen atoms in total. The zero-order valence-corrected chi connectivity index (χ0v) is 14.0. The Kier molecular flexibility index (Phi) is 4.56. The number of fused-ring (bicyclic) bond motifs is 1. The molecule has 1 fully saturated rings. The van der Waals surface area contributed by atoms with Crippen molar-refractivity contribution in [1.29, 1.82) is 0 Å². The van der Waals surface area contributed by atoms with E-state index in [4.69, 9.17) is 4.74 Å². The predicted octanol–water partition coefficient (Wildman–Crippen LogP) is 3.91. The Hall–Kier alpha value is -2.75. The van der Waals surface area contributed by atoms with Crippen molar-refractivity contribution >= 4 is 17.3 Å². The molecule has 2 N–H and O–H groups in total. The minimum atomic E-state index is -0.0248. The van der Waals surface area contributed by atoms with Crippen LogP contribution in [0.3, 0.4) is 0 Å². The lowest BCUT2D eigenvalue weighted by Crippen LogP contribution is -2.27. The average Bonchev–Trinajstić information content (AvgIpc) is 3.30. The second-order valence-corrected chi connectivity index (χ2v) is 6.12. The highest BCUT2D eigenvalue weighted by atomic mass is 16.5. The number of aromatic amines is 1. The van der Waals surface area contributed by atoms with Crippen LogP contribution >= 0.6 is 0 Å². The normalized spacial score (nSPS) is 14.4. The first-order chi connectivity index (χ1) is 11.7. The Morgan fingerprint density at radius 3 is 2.50 bits per heavy atom. The maximum Gasteiger partial charge on any atom is 0.207 e. The van der Waals surface area contributed by atoms with E-state index in [1.165, 1.54) is 16.6 Å². The summed E-state index contributed by atoms with van der Waals surface area (Å²) in [7, 11) is 1.68. The van der Waals surface area contributed by atoms with Gasteiger partial charge in [-0.3, -0.25) is 4.79 Å². The summed E-state index contributed by atoms with van der Waals surface area (Å²) < 4.78 is 5.12. The predicted molar refractivity (Wildman–Crippen MR) is 96.1 cm³/mol. The summed E-state index contributed by atoms with van der Waals surface area (Å²) in [4.78, 5) is 13.6. The van der Waals surface area contributed by atoms with Crippen molar-refractivity contribution in [1.82, 2.24) is 10.3 Å². The topological polar surface area (TPSA) is 54.1 Å². The van der Waals surface area contributed by atoms with Gasteiger partial charge in [-0.05, 0) is 49.6 Å². The first-order valence-corrected chi connectivity index (χ1v) is 8.07. The number of nitrogens with one attached hydrogen (secondary N) is 2. The minimum absolute atomic E-state index is 0.0248. The Bertz CT molecular complexity index is 820. The summed E-state index contributed by atoms with van der Waals surface area (Å²) in [6.45, 7) is 2.05. The number of benzene rings is 2.